The van der Waals surface area contributed by atoms with Gasteiger partial charge < -0.3 is 10.1 Å². The van der Waals surface area contributed by atoms with Gasteiger partial charge in [0, 0.05) is 31.8 Å². The number of nitrogens with one attached hydrogen (secondary N) is 1. The average Bonchev–Trinajstić information content (AvgIpc) is 3.29. The van der Waals surface area contributed by atoms with Crippen LogP contribution in [0.5, 0.6) is 0 Å². The highest BCUT2D eigenvalue weighted by molar-refractivity contribution is 7.88. The Morgan fingerprint density at radius 1 is 1.29 bits per heavy atom. The molecule has 2 atom stereocenters. The van der Waals surface area contributed by atoms with Crippen molar-refractivity contribution in [1.82, 2.24) is 18.9 Å². The first kappa shape index (κ1) is 19.5. The van der Waals surface area contributed by atoms with Gasteiger partial charge in [-0.2, -0.15) is 4.31 Å². The maximum absolute atomic E-state index is 14.3. The highest BCUT2D eigenvalue weighted by atomic mass is 32.2. The van der Waals surface area contributed by atoms with E-state index in [0.29, 0.717) is 30.3 Å². The standard InChI is InChI=1S/C18H26FN5O3S/c1-27-17-11-23(28(2,25)26)8-7-14(17)21-18-20-10-16-13(19)9-15(24(16)22-18)12-5-3-4-6-12/h9-10,12,14,17H,3-8,11H2,1-2H3,(H,21,22). The molecule has 2 aromatic rings. The van der Waals surface area contributed by atoms with E-state index in [4.69, 9.17) is 4.74 Å². The number of hydrogen-bond donors (Lipinski definition) is 1. The first-order chi connectivity index (χ1) is 13.4. The van der Waals surface area contributed by atoms with Gasteiger partial charge in [-0.25, -0.2) is 22.3 Å². The number of ether oxygens (including phenoxy) is 1. The van der Waals surface area contributed by atoms with Crippen LogP contribution in [0, 0.1) is 5.82 Å². The van der Waals surface area contributed by atoms with Gasteiger partial charge in [0.1, 0.15) is 5.52 Å². The van der Waals surface area contributed by atoms with Crippen LogP contribution in [0.15, 0.2) is 12.3 Å². The van der Waals surface area contributed by atoms with Crippen LogP contribution < -0.4 is 5.32 Å². The van der Waals surface area contributed by atoms with Crippen molar-refractivity contribution in [3.63, 3.8) is 0 Å². The summed E-state index contributed by atoms with van der Waals surface area (Å²) in [4.78, 5) is 4.27. The Balaban J connectivity index is 1.57. The van der Waals surface area contributed by atoms with E-state index in [1.165, 1.54) is 16.8 Å². The Bertz CT molecular complexity index is 958. The van der Waals surface area contributed by atoms with Gasteiger partial charge in [-0.1, -0.05) is 12.8 Å². The molecule has 154 valence electrons. The summed E-state index contributed by atoms with van der Waals surface area (Å²) < 4.78 is 46.5. The molecule has 0 spiro atoms. The number of rotatable bonds is 5. The summed E-state index contributed by atoms with van der Waals surface area (Å²) in [7, 11) is -1.69. The van der Waals surface area contributed by atoms with Crippen LogP contribution in [-0.4, -0.2) is 65.9 Å². The summed E-state index contributed by atoms with van der Waals surface area (Å²) in [6.07, 6.45) is 7.36. The summed E-state index contributed by atoms with van der Waals surface area (Å²) >= 11 is 0. The molecule has 2 unspecified atom stereocenters. The van der Waals surface area contributed by atoms with Crippen molar-refractivity contribution in [2.75, 3.05) is 31.8 Å². The molecule has 8 nitrogen and oxygen atoms in total. The van der Waals surface area contributed by atoms with Crippen LogP contribution in [0.25, 0.3) is 5.52 Å². The lowest BCUT2D eigenvalue weighted by atomic mass is 10.0. The van der Waals surface area contributed by atoms with Crippen molar-refractivity contribution < 1.29 is 17.5 Å². The molecular weight excluding hydrogens is 385 g/mol. The molecule has 0 bridgehead atoms. The minimum absolute atomic E-state index is 0.129. The molecule has 2 aliphatic rings. The Hall–Kier alpha value is -1.78. The molecule has 1 saturated carbocycles. The number of methoxy groups -OCH3 is 1. The lowest BCUT2D eigenvalue weighted by Gasteiger charge is -2.36. The Morgan fingerprint density at radius 3 is 2.71 bits per heavy atom. The van der Waals surface area contributed by atoms with Crippen molar-refractivity contribution in [2.24, 2.45) is 0 Å². The van der Waals surface area contributed by atoms with E-state index < -0.39 is 10.0 Å². The second-order valence-corrected chi connectivity index (χ2v) is 9.69. The molecule has 1 aliphatic carbocycles. The fraction of sp³-hybridized carbons (Fsp3) is 0.667. The lowest BCUT2D eigenvalue weighted by molar-refractivity contribution is 0.0471. The Morgan fingerprint density at radius 2 is 2.04 bits per heavy atom. The van der Waals surface area contributed by atoms with E-state index in [-0.39, 0.29) is 24.5 Å². The quantitative estimate of drug-likeness (QED) is 0.809. The third-order valence-corrected chi connectivity index (χ3v) is 7.15. The molecule has 3 heterocycles. The molecule has 0 aromatic carbocycles. The minimum atomic E-state index is -3.26. The molecule has 4 rings (SSSR count). The molecular formula is C18H26FN5O3S. The van der Waals surface area contributed by atoms with Crippen LogP contribution in [0.4, 0.5) is 10.3 Å². The average molecular weight is 412 g/mol. The van der Waals surface area contributed by atoms with E-state index in [2.05, 4.69) is 15.4 Å². The van der Waals surface area contributed by atoms with Gasteiger partial charge >= 0.3 is 0 Å². The van der Waals surface area contributed by atoms with Crippen molar-refractivity contribution in [1.29, 1.82) is 0 Å². The number of hydrogen-bond acceptors (Lipinski definition) is 6. The Labute approximate surface area is 164 Å². The third kappa shape index (κ3) is 3.72. The van der Waals surface area contributed by atoms with Crippen LogP contribution in [-0.2, 0) is 14.8 Å². The highest BCUT2D eigenvalue weighted by Gasteiger charge is 2.34. The van der Waals surface area contributed by atoms with Gasteiger partial charge in [0.15, 0.2) is 5.82 Å². The molecule has 2 fully saturated rings. The second kappa shape index (κ2) is 7.57. The number of sulfonamides is 1. The van der Waals surface area contributed by atoms with Gasteiger partial charge in [-0.3, -0.25) is 0 Å². The van der Waals surface area contributed by atoms with Crippen molar-refractivity contribution in [2.45, 2.75) is 50.2 Å². The summed E-state index contributed by atoms with van der Waals surface area (Å²) in [6.45, 7) is 0.685. The highest BCUT2D eigenvalue weighted by Crippen LogP contribution is 2.35. The molecule has 1 saturated heterocycles. The van der Waals surface area contributed by atoms with E-state index in [0.717, 1.165) is 31.4 Å². The van der Waals surface area contributed by atoms with Gasteiger partial charge in [-0.05, 0) is 25.3 Å². The zero-order chi connectivity index (χ0) is 19.9. The molecule has 0 radical (unpaired) electrons. The van der Waals surface area contributed by atoms with Crippen molar-refractivity contribution in [3.8, 4) is 0 Å². The van der Waals surface area contributed by atoms with Crippen molar-refractivity contribution >= 4 is 21.5 Å². The molecule has 10 heteroatoms. The maximum atomic E-state index is 14.3. The minimum Gasteiger partial charge on any atom is -0.378 e. The van der Waals surface area contributed by atoms with Crippen molar-refractivity contribution in [3.05, 3.63) is 23.8 Å². The fourth-order valence-electron chi connectivity index (χ4n) is 4.31. The monoisotopic (exact) mass is 411 g/mol. The number of piperidine rings is 1. The van der Waals surface area contributed by atoms with Gasteiger partial charge in [0.25, 0.3) is 0 Å². The predicted molar refractivity (Wildman–Crippen MR) is 103 cm³/mol. The van der Waals surface area contributed by atoms with E-state index >= 15 is 0 Å². The smallest absolute Gasteiger partial charge is 0.241 e. The van der Waals surface area contributed by atoms with Gasteiger partial charge in [0.05, 0.1) is 24.6 Å². The van der Waals surface area contributed by atoms with Crippen LogP contribution in [0.2, 0.25) is 0 Å². The Kier molecular flexibility index (Phi) is 5.28. The van der Waals surface area contributed by atoms with E-state index in [1.54, 1.807) is 17.7 Å². The summed E-state index contributed by atoms with van der Waals surface area (Å²) in [5.41, 5.74) is 1.27. The number of halogens is 1. The third-order valence-electron chi connectivity index (χ3n) is 5.88. The second-order valence-electron chi connectivity index (χ2n) is 7.71. The zero-order valence-electron chi connectivity index (χ0n) is 16.1. The molecule has 1 N–H and O–H groups in total. The van der Waals surface area contributed by atoms with Gasteiger partial charge in [-0.15, -0.1) is 5.10 Å². The normalized spacial score (nSPS) is 24.8. The number of aromatic nitrogens is 3. The largest absolute Gasteiger partial charge is 0.378 e. The summed E-state index contributed by atoms with van der Waals surface area (Å²) in [5.74, 6) is 0.413. The SMILES string of the molecule is COC1CN(S(C)(=O)=O)CCC1Nc1ncc2c(F)cc(C3CCCC3)n2n1. The molecule has 1 aliphatic heterocycles. The fourth-order valence-corrected chi connectivity index (χ4v) is 5.17. The topological polar surface area (TPSA) is 88.8 Å². The molecule has 28 heavy (non-hydrogen) atoms. The molecule has 0 amide bonds. The maximum Gasteiger partial charge on any atom is 0.241 e. The van der Waals surface area contributed by atoms with E-state index in [9.17, 15) is 12.8 Å². The van der Waals surface area contributed by atoms with Crippen LogP contribution >= 0.6 is 0 Å². The van der Waals surface area contributed by atoms with Crippen LogP contribution in [0.3, 0.4) is 0 Å². The number of fused-ring (bicyclic) bond motifs is 1. The van der Waals surface area contributed by atoms with Crippen LogP contribution in [0.1, 0.15) is 43.7 Å². The predicted octanol–water partition coefficient (Wildman–Crippen LogP) is 1.99. The number of anilines is 1. The number of nitrogens with zero attached hydrogens (tertiary/aromatic N) is 4. The zero-order valence-corrected chi connectivity index (χ0v) is 17.0. The molecule has 2 aromatic heterocycles. The van der Waals surface area contributed by atoms with E-state index in [1.807, 2.05) is 0 Å². The van der Waals surface area contributed by atoms with Gasteiger partial charge in [0.2, 0.25) is 16.0 Å². The first-order valence-corrected chi connectivity index (χ1v) is 11.5. The summed E-state index contributed by atoms with van der Waals surface area (Å²) in [6, 6.07) is 1.45. The lowest BCUT2D eigenvalue weighted by Crippen LogP contribution is -2.52. The first-order valence-electron chi connectivity index (χ1n) is 9.65. The summed E-state index contributed by atoms with van der Waals surface area (Å²) in [5, 5.41) is 7.80.